The Kier molecular flexibility index (Phi) is 5.09. The van der Waals surface area contributed by atoms with Gasteiger partial charge in [-0.2, -0.15) is 0 Å². The number of para-hydroxylation sites is 1. The van der Waals surface area contributed by atoms with Crippen LogP contribution in [0.2, 0.25) is 0 Å². The Morgan fingerprint density at radius 1 is 1.30 bits per heavy atom. The van der Waals surface area contributed by atoms with Gasteiger partial charge in [-0.1, -0.05) is 45.9 Å². The van der Waals surface area contributed by atoms with E-state index in [0.717, 1.165) is 25.3 Å². The predicted molar refractivity (Wildman–Crippen MR) is 85.4 cm³/mol. The molecule has 2 unspecified atom stereocenters. The molecule has 0 aliphatic carbocycles. The number of fused-ring (bicyclic) bond motifs is 1. The van der Waals surface area contributed by atoms with Gasteiger partial charge in [0.25, 0.3) is 0 Å². The fourth-order valence-electron chi connectivity index (χ4n) is 3.01. The topological polar surface area (TPSA) is 21.3 Å². The fraction of sp³-hybridized carbons (Fsp3) is 0.667. The van der Waals surface area contributed by atoms with Crippen LogP contribution in [-0.4, -0.2) is 19.2 Å². The molecule has 1 N–H and O–H groups in total. The molecular formula is C18H29NO. The first-order valence-corrected chi connectivity index (χ1v) is 7.97. The second-order valence-corrected chi connectivity index (χ2v) is 6.98. The van der Waals surface area contributed by atoms with E-state index < -0.39 is 0 Å². The SMILES string of the molecule is CCCNC(CC1CCOc2ccccc21)C(C)(C)C. The molecule has 2 nitrogen and oxygen atoms in total. The number of hydrogen-bond donors (Lipinski definition) is 1. The predicted octanol–water partition coefficient (Wildman–Crippen LogP) is 4.36. The third-order valence-corrected chi connectivity index (χ3v) is 4.29. The van der Waals surface area contributed by atoms with Crippen LogP contribution < -0.4 is 10.1 Å². The van der Waals surface area contributed by atoms with E-state index >= 15 is 0 Å². The molecule has 0 saturated carbocycles. The van der Waals surface area contributed by atoms with Gasteiger partial charge in [0.05, 0.1) is 6.61 Å². The highest BCUT2D eigenvalue weighted by molar-refractivity contribution is 5.37. The van der Waals surface area contributed by atoms with Crippen molar-refractivity contribution < 1.29 is 4.74 Å². The van der Waals surface area contributed by atoms with Gasteiger partial charge in [-0.25, -0.2) is 0 Å². The minimum absolute atomic E-state index is 0.294. The van der Waals surface area contributed by atoms with E-state index in [2.05, 4.69) is 57.3 Å². The molecule has 0 aromatic heterocycles. The number of ether oxygens (including phenoxy) is 1. The summed E-state index contributed by atoms with van der Waals surface area (Å²) in [6, 6.07) is 9.09. The summed E-state index contributed by atoms with van der Waals surface area (Å²) in [6.45, 7) is 11.2. The van der Waals surface area contributed by atoms with E-state index in [-0.39, 0.29) is 0 Å². The van der Waals surface area contributed by atoms with Crippen molar-refractivity contribution in [3.8, 4) is 5.75 Å². The maximum Gasteiger partial charge on any atom is 0.122 e. The van der Waals surface area contributed by atoms with Crippen LogP contribution in [0.25, 0.3) is 0 Å². The lowest BCUT2D eigenvalue weighted by Crippen LogP contribution is -2.42. The van der Waals surface area contributed by atoms with Crippen LogP contribution in [0.1, 0.15) is 58.4 Å². The molecule has 1 aromatic carbocycles. The molecule has 1 aromatic rings. The van der Waals surface area contributed by atoms with Crippen molar-refractivity contribution in [2.75, 3.05) is 13.2 Å². The van der Waals surface area contributed by atoms with Gasteiger partial charge in [0.1, 0.15) is 5.75 Å². The van der Waals surface area contributed by atoms with Crippen molar-refractivity contribution in [2.24, 2.45) is 5.41 Å². The van der Waals surface area contributed by atoms with Gasteiger partial charge in [-0.15, -0.1) is 0 Å². The molecule has 2 heteroatoms. The van der Waals surface area contributed by atoms with Crippen LogP contribution in [0.4, 0.5) is 0 Å². The summed E-state index contributed by atoms with van der Waals surface area (Å²) in [7, 11) is 0. The molecule has 0 radical (unpaired) electrons. The van der Waals surface area contributed by atoms with E-state index in [0.29, 0.717) is 17.4 Å². The zero-order valence-corrected chi connectivity index (χ0v) is 13.4. The summed E-state index contributed by atoms with van der Waals surface area (Å²) >= 11 is 0. The summed E-state index contributed by atoms with van der Waals surface area (Å²) in [5.74, 6) is 1.71. The van der Waals surface area contributed by atoms with Gasteiger partial charge in [0, 0.05) is 6.04 Å². The molecule has 1 aliphatic rings. The molecule has 0 saturated heterocycles. The Hall–Kier alpha value is -1.02. The number of rotatable bonds is 5. The third kappa shape index (κ3) is 3.76. The van der Waals surface area contributed by atoms with Crippen LogP contribution in [0, 0.1) is 5.41 Å². The second kappa shape index (κ2) is 6.62. The highest BCUT2D eigenvalue weighted by atomic mass is 16.5. The molecule has 0 fully saturated rings. The number of nitrogens with one attached hydrogen (secondary N) is 1. The number of benzene rings is 1. The summed E-state index contributed by atoms with van der Waals surface area (Å²) in [5, 5.41) is 3.75. The number of hydrogen-bond acceptors (Lipinski definition) is 2. The Morgan fingerprint density at radius 3 is 2.75 bits per heavy atom. The van der Waals surface area contributed by atoms with Gasteiger partial charge in [0.15, 0.2) is 0 Å². The first-order chi connectivity index (χ1) is 9.52. The van der Waals surface area contributed by atoms with Crippen LogP contribution in [0.3, 0.4) is 0 Å². The Labute approximate surface area is 123 Å². The highest BCUT2D eigenvalue weighted by Crippen LogP contribution is 2.38. The lowest BCUT2D eigenvalue weighted by atomic mass is 9.78. The summed E-state index contributed by atoms with van der Waals surface area (Å²) in [5.41, 5.74) is 1.69. The summed E-state index contributed by atoms with van der Waals surface area (Å²) in [6.07, 6.45) is 3.53. The third-order valence-electron chi connectivity index (χ3n) is 4.29. The molecule has 2 atom stereocenters. The van der Waals surface area contributed by atoms with Crippen molar-refractivity contribution in [2.45, 2.75) is 58.9 Å². The van der Waals surface area contributed by atoms with Crippen LogP contribution in [0.15, 0.2) is 24.3 Å². The van der Waals surface area contributed by atoms with E-state index in [1.807, 2.05) is 0 Å². The molecule has 112 valence electrons. The molecular weight excluding hydrogens is 246 g/mol. The lowest BCUT2D eigenvalue weighted by Gasteiger charge is -2.36. The van der Waals surface area contributed by atoms with Gasteiger partial charge in [-0.3, -0.25) is 0 Å². The normalized spacial score (nSPS) is 20.1. The van der Waals surface area contributed by atoms with Crippen molar-refractivity contribution in [1.82, 2.24) is 5.32 Å². The Morgan fingerprint density at radius 2 is 2.05 bits per heavy atom. The van der Waals surface area contributed by atoms with Crippen LogP contribution in [-0.2, 0) is 0 Å². The maximum atomic E-state index is 5.78. The van der Waals surface area contributed by atoms with Crippen molar-refractivity contribution in [3.05, 3.63) is 29.8 Å². The second-order valence-electron chi connectivity index (χ2n) is 6.98. The van der Waals surface area contributed by atoms with Crippen molar-refractivity contribution in [3.63, 3.8) is 0 Å². The highest BCUT2D eigenvalue weighted by Gasteiger charge is 2.30. The largest absolute Gasteiger partial charge is 0.493 e. The van der Waals surface area contributed by atoms with Gasteiger partial charge < -0.3 is 10.1 Å². The van der Waals surface area contributed by atoms with Gasteiger partial charge in [0.2, 0.25) is 0 Å². The Balaban J connectivity index is 2.11. The summed E-state index contributed by atoms with van der Waals surface area (Å²) in [4.78, 5) is 0. The fourth-order valence-corrected chi connectivity index (χ4v) is 3.01. The smallest absolute Gasteiger partial charge is 0.122 e. The standard InChI is InChI=1S/C18H29NO/c1-5-11-19-17(18(2,3)4)13-14-10-12-20-16-9-7-6-8-15(14)16/h6-9,14,17,19H,5,10-13H2,1-4H3. The average molecular weight is 275 g/mol. The molecule has 2 rings (SSSR count). The maximum absolute atomic E-state index is 5.78. The van der Waals surface area contributed by atoms with E-state index in [9.17, 15) is 0 Å². The van der Waals surface area contributed by atoms with Gasteiger partial charge >= 0.3 is 0 Å². The van der Waals surface area contributed by atoms with Crippen LogP contribution in [0.5, 0.6) is 5.75 Å². The molecule has 0 spiro atoms. The lowest BCUT2D eigenvalue weighted by molar-refractivity contribution is 0.210. The Bertz CT molecular complexity index is 422. The monoisotopic (exact) mass is 275 g/mol. The zero-order valence-electron chi connectivity index (χ0n) is 13.4. The first kappa shape index (κ1) is 15.4. The average Bonchev–Trinajstić information content (AvgIpc) is 2.42. The first-order valence-electron chi connectivity index (χ1n) is 7.97. The van der Waals surface area contributed by atoms with Crippen molar-refractivity contribution in [1.29, 1.82) is 0 Å². The molecule has 0 bridgehead atoms. The van der Waals surface area contributed by atoms with E-state index in [4.69, 9.17) is 4.74 Å². The minimum atomic E-state index is 0.294. The molecule has 20 heavy (non-hydrogen) atoms. The zero-order chi connectivity index (χ0) is 14.6. The summed E-state index contributed by atoms with van der Waals surface area (Å²) < 4.78 is 5.78. The molecule has 1 aliphatic heterocycles. The quantitative estimate of drug-likeness (QED) is 0.862. The minimum Gasteiger partial charge on any atom is -0.493 e. The van der Waals surface area contributed by atoms with Crippen LogP contribution >= 0.6 is 0 Å². The molecule has 1 heterocycles. The van der Waals surface area contributed by atoms with Crippen molar-refractivity contribution >= 4 is 0 Å². The molecule has 0 amide bonds. The van der Waals surface area contributed by atoms with Gasteiger partial charge in [-0.05, 0) is 48.8 Å². The van der Waals surface area contributed by atoms with E-state index in [1.54, 1.807) is 0 Å². The van der Waals surface area contributed by atoms with E-state index in [1.165, 1.54) is 18.4 Å².